The van der Waals surface area contributed by atoms with Crippen molar-refractivity contribution in [2.24, 2.45) is 0 Å². The van der Waals surface area contributed by atoms with Crippen LogP contribution in [0.2, 0.25) is 0 Å². The molecule has 1 aliphatic carbocycles. The smallest absolute Gasteiger partial charge is 0.0149 e. The lowest BCUT2D eigenvalue weighted by Crippen LogP contribution is -2.42. The van der Waals surface area contributed by atoms with Crippen molar-refractivity contribution in [2.75, 3.05) is 13.1 Å². The highest BCUT2D eigenvalue weighted by Gasteiger charge is 2.19. The number of fused-ring (bicyclic) bond motifs is 1. The van der Waals surface area contributed by atoms with Crippen LogP contribution in [0, 0.1) is 0 Å². The van der Waals surface area contributed by atoms with Crippen LogP contribution >= 0.6 is 0 Å². The summed E-state index contributed by atoms with van der Waals surface area (Å²) in [7, 11) is 0. The van der Waals surface area contributed by atoms with Gasteiger partial charge in [0.15, 0.2) is 0 Å². The molecule has 94 valence electrons. The van der Waals surface area contributed by atoms with E-state index >= 15 is 0 Å². The van der Waals surface area contributed by atoms with Crippen LogP contribution in [0.15, 0.2) is 24.3 Å². The molecule has 0 saturated carbocycles. The maximum absolute atomic E-state index is 3.64. The average molecular weight is 232 g/mol. The molecule has 0 spiro atoms. The Bertz CT molecular complexity index is 340. The molecular formula is C15H24N2. The van der Waals surface area contributed by atoms with Gasteiger partial charge in [-0.3, -0.25) is 0 Å². The van der Waals surface area contributed by atoms with Crippen molar-refractivity contribution in [3.05, 3.63) is 35.4 Å². The van der Waals surface area contributed by atoms with E-state index in [1.54, 1.807) is 0 Å². The van der Waals surface area contributed by atoms with Crippen molar-refractivity contribution >= 4 is 0 Å². The molecule has 0 aliphatic heterocycles. The molecule has 2 heteroatoms. The van der Waals surface area contributed by atoms with E-state index < -0.39 is 0 Å². The van der Waals surface area contributed by atoms with E-state index in [0.29, 0.717) is 6.04 Å². The lowest BCUT2D eigenvalue weighted by Gasteiger charge is -2.21. The number of nitrogens with one attached hydrogen (secondary N) is 2. The first-order chi connectivity index (χ1) is 8.04. The fourth-order valence-corrected chi connectivity index (χ4v) is 2.42. The van der Waals surface area contributed by atoms with Gasteiger partial charge in [-0.25, -0.2) is 0 Å². The third kappa shape index (κ3) is 3.83. The molecule has 0 saturated heterocycles. The van der Waals surface area contributed by atoms with E-state index in [9.17, 15) is 0 Å². The number of rotatable bonds is 4. The molecule has 1 aliphatic rings. The van der Waals surface area contributed by atoms with Crippen molar-refractivity contribution in [1.82, 2.24) is 10.6 Å². The molecule has 1 aromatic rings. The zero-order valence-corrected chi connectivity index (χ0v) is 11.2. The zero-order valence-electron chi connectivity index (χ0n) is 11.2. The molecule has 0 unspecified atom stereocenters. The van der Waals surface area contributed by atoms with E-state index in [1.807, 2.05) is 0 Å². The molecule has 0 amide bonds. The van der Waals surface area contributed by atoms with Gasteiger partial charge in [0, 0.05) is 24.7 Å². The Morgan fingerprint density at radius 3 is 2.18 bits per heavy atom. The van der Waals surface area contributed by atoms with Crippen LogP contribution in [0.1, 0.15) is 31.9 Å². The molecule has 0 fully saturated rings. The minimum Gasteiger partial charge on any atom is -0.312 e. The fourth-order valence-electron chi connectivity index (χ4n) is 2.42. The fraction of sp³-hybridized carbons (Fsp3) is 0.600. The van der Waals surface area contributed by atoms with E-state index in [0.717, 1.165) is 13.1 Å². The van der Waals surface area contributed by atoms with Crippen LogP contribution in [-0.2, 0) is 12.8 Å². The first kappa shape index (κ1) is 12.6. The van der Waals surface area contributed by atoms with Gasteiger partial charge in [-0.2, -0.15) is 0 Å². The number of benzene rings is 1. The summed E-state index contributed by atoms with van der Waals surface area (Å²) in [6, 6.07) is 9.42. The molecule has 2 rings (SSSR count). The second kappa shape index (κ2) is 5.19. The van der Waals surface area contributed by atoms with Gasteiger partial charge in [-0.05, 0) is 44.7 Å². The SMILES string of the molecule is CC(C)(C)NCCNC1Cc2ccccc2C1. The molecule has 0 aromatic heterocycles. The summed E-state index contributed by atoms with van der Waals surface area (Å²) >= 11 is 0. The summed E-state index contributed by atoms with van der Waals surface area (Å²) in [4.78, 5) is 0. The van der Waals surface area contributed by atoms with E-state index in [-0.39, 0.29) is 5.54 Å². The second-order valence-electron chi connectivity index (χ2n) is 6.00. The van der Waals surface area contributed by atoms with Crippen molar-refractivity contribution in [2.45, 2.75) is 45.2 Å². The van der Waals surface area contributed by atoms with Gasteiger partial charge >= 0.3 is 0 Å². The molecule has 0 bridgehead atoms. The van der Waals surface area contributed by atoms with E-state index in [4.69, 9.17) is 0 Å². The molecule has 1 aromatic carbocycles. The van der Waals surface area contributed by atoms with Crippen LogP contribution in [0.5, 0.6) is 0 Å². The summed E-state index contributed by atoms with van der Waals surface area (Å²) in [6.07, 6.45) is 2.37. The normalized spacial score (nSPS) is 16.2. The monoisotopic (exact) mass is 232 g/mol. The number of hydrogen-bond acceptors (Lipinski definition) is 2. The molecule has 2 nitrogen and oxygen atoms in total. The predicted molar refractivity (Wildman–Crippen MR) is 73.4 cm³/mol. The molecular weight excluding hydrogens is 208 g/mol. The third-order valence-electron chi connectivity index (χ3n) is 3.26. The quantitative estimate of drug-likeness (QED) is 0.777. The van der Waals surface area contributed by atoms with Gasteiger partial charge in [0.1, 0.15) is 0 Å². The largest absolute Gasteiger partial charge is 0.312 e. The summed E-state index contributed by atoms with van der Waals surface area (Å²) in [5.74, 6) is 0. The van der Waals surface area contributed by atoms with Crippen LogP contribution in [-0.4, -0.2) is 24.7 Å². The summed E-state index contributed by atoms with van der Waals surface area (Å²) in [5.41, 5.74) is 3.27. The second-order valence-corrected chi connectivity index (χ2v) is 6.00. The standard InChI is InChI=1S/C15H24N2/c1-15(2,3)17-9-8-16-14-10-12-6-4-5-7-13(12)11-14/h4-7,14,16-17H,8-11H2,1-3H3. The van der Waals surface area contributed by atoms with Crippen molar-refractivity contribution in [1.29, 1.82) is 0 Å². The Kier molecular flexibility index (Phi) is 3.85. The van der Waals surface area contributed by atoms with Crippen LogP contribution in [0.4, 0.5) is 0 Å². The Morgan fingerprint density at radius 1 is 1.06 bits per heavy atom. The number of hydrogen-bond donors (Lipinski definition) is 2. The first-order valence-corrected chi connectivity index (χ1v) is 6.60. The average Bonchev–Trinajstić information content (AvgIpc) is 2.65. The topological polar surface area (TPSA) is 24.1 Å². The van der Waals surface area contributed by atoms with Crippen molar-refractivity contribution in [3.63, 3.8) is 0 Å². The van der Waals surface area contributed by atoms with Gasteiger partial charge in [-0.15, -0.1) is 0 Å². The van der Waals surface area contributed by atoms with Crippen molar-refractivity contribution < 1.29 is 0 Å². The van der Waals surface area contributed by atoms with E-state index in [1.165, 1.54) is 24.0 Å². The summed E-state index contributed by atoms with van der Waals surface area (Å²) in [5, 5.41) is 7.14. The molecule has 0 radical (unpaired) electrons. The Labute approximate surface area is 105 Å². The molecule has 0 atom stereocenters. The Morgan fingerprint density at radius 2 is 1.65 bits per heavy atom. The molecule has 17 heavy (non-hydrogen) atoms. The highest BCUT2D eigenvalue weighted by Crippen LogP contribution is 2.21. The zero-order chi connectivity index (χ0) is 12.3. The van der Waals surface area contributed by atoms with Crippen molar-refractivity contribution in [3.8, 4) is 0 Å². The van der Waals surface area contributed by atoms with Gasteiger partial charge in [0.05, 0.1) is 0 Å². The van der Waals surface area contributed by atoms with Gasteiger partial charge < -0.3 is 10.6 Å². The van der Waals surface area contributed by atoms with Gasteiger partial charge in [-0.1, -0.05) is 24.3 Å². The maximum atomic E-state index is 3.64. The summed E-state index contributed by atoms with van der Waals surface area (Å²) < 4.78 is 0. The first-order valence-electron chi connectivity index (χ1n) is 6.60. The lowest BCUT2D eigenvalue weighted by molar-refractivity contribution is 0.410. The Hall–Kier alpha value is -0.860. The third-order valence-corrected chi connectivity index (χ3v) is 3.26. The minimum absolute atomic E-state index is 0.223. The highest BCUT2D eigenvalue weighted by atomic mass is 15.0. The molecule has 0 heterocycles. The van der Waals surface area contributed by atoms with Crippen LogP contribution < -0.4 is 10.6 Å². The van der Waals surface area contributed by atoms with Crippen LogP contribution in [0.3, 0.4) is 0 Å². The lowest BCUT2D eigenvalue weighted by atomic mass is 10.1. The minimum atomic E-state index is 0.223. The molecule has 2 N–H and O–H groups in total. The van der Waals surface area contributed by atoms with E-state index in [2.05, 4.69) is 55.7 Å². The highest BCUT2D eigenvalue weighted by molar-refractivity contribution is 5.33. The maximum Gasteiger partial charge on any atom is 0.0149 e. The van der Waals surface area contributed by atoms with Gasteiger partial charge in [0.25, 0.3) is 0 Å². The van der Waals surface area contributed by atoms with Gasteiger partial charge in [0.2, 0.25) is 0 Å². The predicted octanol–water partition coefficient (Wildman–Crippen LogP) is 2.13. The summed E-state index contributed by atoms with van der Waals surface area (Å²) in [6.45, 7) is 8.71. The Balaban J connectivity index is 1.70. The van der Waals surface area contributed by atoms with Crippen LogP contribution in [0.25, 0.3) is 0 Å².